The van der Waals surface area contributed by atoms with Crippen LogP contribution >= 0.6 is 24.0 Å². The summed E-state index contributed by atoms with van der Waals surface area (Å²) in [6.07, 6.45) is 4.27. The zero-order valence-electron chi connectivity index (χ0n) is 16.7. The van der Waals surface area contributed by atoms with Gasteiger partial charge < -0.3 is 20.4 Å². The number of aliphatic imine (C=N–C) groups is 1. The first-order valence-electron chi connectivity index (χ1n) is 9.84. The predicted octanol–water partition coefficient (Wildman–Crippen LogP) is 4.09. The maximum Gasteiger partial charge on any atom is 0.191 e. The maximum atomic E-state index is 5.97. The molecule has 1 aromatic heterocycles. The molecule has 148 valence electrons. The smallest absolute Gasteiger partial charge is 0.191 e. The van der Waals surface area contributed by atoms with Gasteiger partial charge in [-0.05, 0) is 64.2 Å². The summed E-state index contributed by atoms with van der Waals surface area (Å²) in [7, 11) is 0. The van der Waals surface area contributed by atoms with Crippen molar-refractivity contribution >= 4 is 40.8 Å². The fourth-order valence-electron chi connectivity index (χ4n) is 4.36. The Morgan fingerprint density at radius 2 is 2.07 bits per heavy atom. The number of fused-ring (bicyclic) bond motifs is 3. The van der Waals surface area contributed by atoms with E-state index in [0.29, 0.717) is 24.8 Å². The highest BCUT2D eigenvalue weighted by atomic mass is 127. The number of hydrogen-bond acceptors (Lipinski definition) is 2. The Balaban J connectivity index is 0.00000210. The van der Waals surface area contributed by atoms with E-state index in [-0.39, 0.29) is 24.0 Å². The molecule has 6 heteroatoms. The number of nitrogens with zero attached hydrogens (tertiary/aromatic N) is 1. The van der Waals surface area contributed by atoms with Crippen LogP contribution in [0.1, 0.15) is 48.6 Å². The van der Waals surface area contributed by atoms with Crippen LogP contribution in [0.5, 0.6) is 0 Å². The molecule has 2 fully saturated rings. The van der Waals surface area contributed by atoms with Crippen LogP contribution in [-0.2, 0) is 11.3 Å². The Labute approximate surface area is 178 Å². The Kier molecular flexibility index (Phi) is 6.35. The number of hydrogen-bond donors (Lipinski definition) is 3. The van der Waals surface area contributed by atoms with Crippen molar-refractivity contribution in [1.82, 2.24) is 15.6 Å². The van der Waals surface area contributed by atoms with E-state index in [1.807, 2.05) is 0 Å². The Hall–Kier alpha value is -1.28. The number of aromatic amines is 1. The number of halogens is 1. The summed E-state index contributed by atoms with van der Waals surface area (Å²) < 4.78 is 5.97. The van der Waals surface area contributed by atoms with Crippen molar-refractivity contribution in [1.29, 1.82) is 0 Å². The summed E-state index contributed by atoms with van der Waals surface area (Å²) >= 11 is 0. The van der Waals surface area contributed by atoms with E-state index in [4.69, 9.17) is 9.73 Å². The SMILES string of the molecule is CCNC(=NCc1cc(C)cc2c(C)c(C)[nH]c12)NC1CC2CCC1O2.I. The van der Waals surface area contributed by atoms with Crippen molar-refractivity contribution in [2.75, 3.05) is 6.54 Å². The number of guanidine groups is 1. The van der Waals surface area contributed by atoms with Gasteiger partial charge in [0.05, 0.1) is 30.3 Å². The summed E-state index contributed by atoms with van der Waals surface area (Å²) in [4.78, 5) is 8.42. The van der Waals surface area contributed by atoms with Gasteiger partial charge in [-0.2, -0.15) is 0 Å². The highest BCUT2D eigenvalue weighted by Gasteiger charge is 2.41. The Morgan fingerprint density at radius 1 is 1.26 bits per heavy atom. The number of aromatic nitrogens is 1. The van der Waals surface area contributed by atoms with Crippen molar-refractivity contribution in [3.05, 3.63) is 34.5 Å². The number of rotatable bonds is 4. The van der Waals surface area contributed by atoms with E-state index < -0.39 is 0 Å². The van der Waals surface area contributed by atoms with Crippen LogP contribution < -0.4 is 10.6 Å². The Bertz CT molecular complexity index is 844. The van der Waals surface area contributed by atoms with Gasteiger partial charge in [-0.1, -0.05) is 11.6 Å². The average Bonchev–Trinajstić information content (AvgIpc) is 3.30. The quantitative estimate of drug-likeness (QED) is 0.350. The number of ether oxygens (including phenoxy) is 1. The van der Waals surface area contributed by atoms with Crippen LogP contribution in [-0.4, -0.2) is 35.7 Å². The second-order valence-electron chi connectivity index (χ2n) is 7.78. The van der Waals surface area contributed by atoms with E-state index in [2.05, 4.69) is 55.4 Å². The predicted molar refractivity (Wildman–Crippen MR) is 122 cm³/mol. The van der Waals surface area contributed by atoms with E-state index in [1.54, 1.807) is 0 Å². The lowest BCUT2D eigenvalue weighted by Gasteiger charge is -2.22. The van der Waals surface area contributed by atoms with Crippen molar-refractivity contribution in [3.8, 4) is 0 Å². The van der Waals surface area contributed by atoms with Crippen molar-refractivity contribution in [3.63, 3.8) is 0 Å². The molecule has 3 heterocycles. The number of H-pyrrole nitrogens is 1. The van der Waals surface area contributed by atoms with Crippen molar-refractivity contribution in [2.45, 2.75) is 71.8 Å². The summed E-state index contributed by atoms with van der Waals surface area (Å²) in [5, 5.41) is 8.31. The molecule has 4 rings (SSSR count). The van der Waals surface area contributed by atoms with Crippen LogP contribution in [0.2, 0.25) is 0 Å². The second kappa shape index (κ2) is 8.39. The average molecular weight is 482 g/mol. The molecule has 0 spiro atoms. The number of nitrogens with one attached hydrogen (secondary N) is 3. The molecular weight excluding hydrogens is 451 g/mol. The minimum absolute atomic E-state index is 0. The molecule has 1 aromatic carbocycles. The van der Waals surface area contributed by atoms with Crippen molar-refractivity contribution in [2.24, 2.45) is 4.99 Å². The number of benzene rings is 1. The summed E-state index contributed by atoms with van der Waals surface area (Å²) in [5.41, 5.74) is 6.31. The molecule has 2 bridgehead atoms. The molecule has 0 amide bonds. The van der Waals surface area contributed by atoms with Gasteiger partial charge in [0.1, 0.15) is 0 Å². The van der Waals surface area contributed by atoms with Crippen LogP contribution in [0.4, 0.5) is 0 Å². The second-order valence-corrected chi connectivity index (χ2v) is 7.78. The standard InChI is InChI=1S/C21H30N4O.HI/c1-5-22-21(25-18-10-16-6-7-19(18)26-16)23-11-15-8-12(2)9-17-13(3)14(4)24-20(15)17;/h8-9,16,18-19,24H,5-7,10-11H2,1-4H3,(H2,22,23,25);1H. The molecule has 2 aliphatic heterocycles. The van der Waals surface area contributed by atoms with E-state index >= 15 is 0 Å². The largest absolute Gasteiger partial charge is 0.373 e. The maximum absolute atomic E-state index is 5.97. The Morgan fingerprint density at radius 3 is 2.74 bits per heavy atom. The van der Waals surface area contributed by atoms with Gasteiger partial charge in [-0.25, -0.2) is 4.99 Å². The van der Waals surface area contributed by atoms with Gasteiger partial charge >= 0.3 is 0 Å². The molecule has 2 aromatic rings. The fourth-order valence-corrected chi connectivity index (χ4v) is 4.36. The zero-order valence-corrected chi connectivity index (χ0v) is 19.0. The highest BCUT2D eigenvalue weighted by molar-refractivity contribution is 14.0. The zero-order chi connectivity index (χ0) is 18.3. The van der Waals surface area contributed by atoms with Crippen LogP contribution in [0.25, 0.3) is 10.9 Å². The molecule has 0 aliphatic carbocycles. The van der Waals surface area contributed by atoms with E-state index in [1.165, 1.54) is 46.1 Å². The van der Waals surface area contributed by atoms with Gasteiger partial charge in [-0.3, -0.25) is 0 Å². The van der Waals surface area contributed by atoms with E-state index in [0.717, 1.165) is 18.9 Å². The van der Waals surface area contributed by atoms with Gasteiger partial charge in [0, 0.05) is 17.6 Å². The molecule has 3 atom stereocenters. The molecule has 2 saturated heterocycles. The molecule has 3 unspecified atom stereocenters. The first kappa shape index (κ1) is 20.5. The summed E-state index contributed by atoms with van der Waals surface area (Å²) in [6.45, 7) is 10.1. The minimum Gasteiger partial charge on any atom is -0.373 e. The number of aryl methyl sites for hydroxylation is 3. The fraction of sp³-hybridized carbons (Fsp3) is 0.571. The van der Waals surface area contributed by atoms with Gasteiger partial charge in [0.25, 0.3) is 0 Å². The topological polar surface area (TPSA) is 61.4 Å². The summed E-state index contributed by atoms with van der Waals surface area (Å²) in [5.74, 6) is 0.892. The lowest BCUT2D eigenvalue weighted by atomic mass is 9.96. The van der Waals surface area contributed by atoms with Crippen molar-refractivity contribution < 1.29 is 4.74 Å². The molecule has 3 N–H and O–H groups in total. The first-order valence-corrected chi connectivity index (χ1v) is 9.84. The third-order valence-corrected chi connectivity index (χ3v) is 5.82. The molecule has 0 radical (unpaired) electrons. The molecule has 27 heavy (non-hydrogen) atoms. The monoisotopic (exact) mass is 482 g/mol. The lowest BCUT2D eigenvalue weighted by Crippen LogP contribution is -2.47. The van der Waals surface area contributed by atoms with Gasteiger partial charge in [0.2, 0.25) is 0 Å². The van der Waals surface area contributed by atoms with Crippen LogP contribution in [0, 0.1) is 20.8 Å². The van der Waals surface area contributed by atoms with Gasteiger partial charge in [0.15, 0.2) is 5.96 Å². The minimum atomic E-state index is 0. The van der Waals surface area contributed by atoms with Crippen LogP contribution in [0.15, 0.2) is 17.1 Å². The highest BCUT2D eigenvalue weighted by Crippen LogP contribution is 2.34. The molecular formula is C21H31IN4O. The molecule has 2 aliphatic rings. The normalized spacial score (nSPS) is 24.3. The molecule has 0 saturated carbocycles. The lowest BCUT2D eigenvalue weighted by molar-refractivity contribution is 0.0992. The molecule has 5 nitrogen and oxygen atoms in total. The first-order chi connectivity index (χ1) is 12.5. The summed E-state index contributed by atoms with van der Waals surface area (Å²) in [6, 6.07) is 4.89. The third kappa shape index (κ3) is 4.11. The third-order valence-electron chi connectivity index (χ3n) is 5.82. The van der Waals surface area contributed by atoms with Gasteiger partial charge in [-0.15, -0.1) is 24.0 Å². The van der Waals surface area contributed by atoms with Crippen LogP contribution in [0.3, 0.4) is 0 Å². The van der Waals surface area contributed by atoms with E-state index in [9.17, 15) is 0 Å².